The van der Waals surface area contributed by atoms with Gasteiger partial charge in [-0.2, -0.15) is 0 Å². The molecule has 4 heteroatoms. The molecule has 1 atom stereocenters. The number of amides is 1. The number of nitrogens with one attached hydrogen (secondary N) is 1. The highest BCUT2D eigenvalue weighted by atomic mass is 35.5. The van der Waals surface area contributed by atoms with Gasteiger partial charge in [-0.1, -0.05) is 19.9 Å². The highest BCUT2D eigenvalue weighted by molar-refractivity contribution is 5.95. The van der Waals surface area contributed by atoms with Crippen molar-refractivity contribution in [2.24, 2.45) is 11.7 Å². The quantitative estimate of drug-likeness (QED) is 0.893. The summed E-state index contributed by atoms with van der Waals surface area (Å²) in [4.78, 5) is 12.2. The largest absolute Gasteiger partial charge is 0.345 e. The minimum absolute atomic E-state index is 0. The van der Waals surface area contributed by atoms with Gasteiger partial charge in [0, 0.05) is 12.1 Å². The second-order valence-electron chi connectivity index (χ2n) is 5.53. The van der Waals surface area contributed by atoms with Gasteiger partial charge in [0.15, 0.2) is 0 Å². The van der Waals surface area contributed by atoms with Gasteiger partial charge in [-0.05, 0) is 49.9 Å². The third-order valence-electron chi connectivity index (χ3n) is 3.87. The van der Waals surface area contributed by atoms with E-state index in [4.69, 9.17) is 5.73 Å². The van der Waals surface area contributed by atoms with Gasteiger partial charge in [0.05, 0.1) is 5.54 Å². The Balaban J connectivity index is 0.00000324. The van der Waals surface area contributed by atoms with Gasteiger partial charge in [-0.3, -0.25) is 4.79 Å². The van der Waals surface area contributed by atoms with Crippen molar-refractivity contribution < 1.29 is 4.79 Å². The summed E-state index contributed by atoms with van der Waals surface area (Å²) in [6, 6.07) is 5.75. The number of benzene rings is 1. The minimum Gasteiger partial charge on any atom is -0.345 e. The molecule has 3 nitrogen and oxygen atoms in total. The molecule has 1 aromatic rings. The molecule has 1 unspecified atom stereocenters. The van der Waals surface area contributed by atoms with Gasteiger partial charge in [-0.25, -0.2) is 0 Å². The maximum atomic E-state index is 12.2. The van der Waals surface area contributed by atoms with Gasteiger partial charge in [0.25, 0.3) is 5.91 Å². The van der Waals surface area contributed by atoms with Gasteiger partial charge >= 0.3 is 0 Å². The fraction of sp³-hybridized carbons (Fsp3) is 0.533. The van der Waals surface area contributed by atoms with Crippen LogP contribution in [0, 0.1) is 19.8 Å². The smallest absolute Gasteiger partial charge is 0.251 e. The van der Waals surface area contributed by atoms with Crippen LogP contribution in [0.1, 0.15) is 42.3 Å². The second-order valence-corrected chi connectivity index (χ2v) is 5.53. The molecule has 1 rings (SSSR count). The summed E-state index contributed by atoms with van der Waals surface area (Å²) in [5, 5.41) is 3.04. The molecule has 0 heterocycles. The van der Waals surface area contributed by atoms with Crippen LogP contribution in [-0.2, 0) is 0 Å². The zero-order chi connectivity index (χ0) is 13.9. The molecule has 0 aliphatic rings. The third kappa shape index (κ3) is 4.22. The summed E-state index contributed by atoms with van der Waals surface area (Å²) in [7, 11) is 0. The van der Waals surface area contributed by atoms with E-state index in [0.717, 1.165) is 5.56 Å². The summed E-state index contributed by atoms with van der Waals surface area (Å²) < 4.78 is 0. The molecule has 0 saturated heterocycles. The summed E-state index contributed by atoms with van der Waals surface area (Å²) in [5.74, 6) is 0.234. The Morgan fingerprint density at radius 1 is 1.32 bits per heavy atom. The van der Waals surface area contributed by atoms with E-state index in [2.05, 4.69) is 19.2 Å². The number of aryl methyl sites for hydroxylation is 2. The Morgan fingerprint density at radius 2 is 1.89 bits per heavy atom. The van der Waals surface area contributed by atoms with Crippen LogP contribution in [-0.4, -0.2) is 18.0 Å². The second kappa shape index (κ2) is 6.92. The first-order chi connectivity index (χ1) is 8.30. The van der Waals surface area contributed by atoms with E-state index in [0.29, 0.717) is 12.1 Å². The van der Waals surface area contributed by atoms with Crippen LogP contribution in [0.15, 0.2) is 18.2 Å². The van der Waals surface area contributed by atoms with E-state index in [1.54, 1.807) is 0 Å². The van der Waals surface area contributed by atoms with Gasteiger partial charge in [0.1, 0.15) is 0 Å². The predicted molar refractivity (Wildman–Crippen MR) is 82.9 cm³/mol. The average molecular weight is 285 g/mol. The molecule has 0 bridgehead atoms. The van der Waals surface area contributed by atoms with Crippen molar-refractivity contribution in [1.29, 1.82) is 0 Å². The lowest BCUT2D eigenvalue weighted by molar-refractivity contribution is 0.0883. The van der Waals surface area contributed by atoms with Crippen molar-refractivity contribution >= 4 is 18.3 Å². The van der Waals surface area contributed by atoms with Crippen molar-refractivity contribution in [3.63, 3.8) is 0 Å². The molecule has 108 valence electrons. The minimum atomic E-state index is -0.365. The van der Waals surface area contributed by atoms with Crippen LogP contribution in [0.3, 0.4) is 0 Å². The maximum absolute atomic E-state index is 12.2. The molecule has 1 aromatic carbocycles. The molecular weight excluding hydrogens is 260 g/mol. The first kappa shape index (κ1) is 17.9. The Hall–Kier alpha value is -1.06. The van der Waals surface area contributed by atoms with Gasteiger partial charge in [-0.15, -0.1) is 12.4 Å². The summed E-state index contributed by atoms with van der Waals surface area (Å²) in [5.41, 5.74) is 8.42. The van der Waals surface area contributed by atoms with E-state index in [9.17, 15) is 4.79 Å². The topological polar surface area (TPSA) is 55.1 Å². The van der Waals surface area contributed by atoms with E-state index < -0.39 is 0 Å². The monoisotopic (exact) mass is 284 g/mol. The first-order valence-corrected chi connectivity index (χ1v) is 6.40. The number of carbonyl (C=O) groups excluding carboxylic acids is 1. The molecule has 1 amide bonds. The number of hydrogen-bond acceptors (Lipinski definition) is 2. The van der Waals surface area contributed by atoms with Crippen LogP contribution >= 0.6 is 12.4 Å². The third-order valence-corrected chi connectivity index (χ3v) is 3.87. The molecule has 0 aromatic heterocycles. The Morgan fingerprint density at radius 3 is 2.32 bits per heavy atom. The normalized spacial score (nSPS) is 13.6. The molecule has 0 fully saturated rings. The number of rotatable bonds is 4. The number of carbonyl (C=O) groups is 1. The van der Waals surface area contributed by atoms with Crippen LogP contribution in [0.5, 0.6) is 0 Å². The van der Waals surface area contributed by atoms with Crippen LogP contribution in [0.2, 0.25) is 0 Å². The van der Waals surface area contributed by atoms with Crippen molar-refractivity contribution in [1.82, 2.24) is 5.32 Å². The van der Waals surface area contributed by atoms with E-state index in [1.165, 1.54) is 5.56 Å². The van der Waals surface area contributed by atoms with Crippen molar-refractivity contribution in [2.45, 2.75) is 40.2 Å². The van der Waals surface area contributed by atoms with Crippen LogP contribution < -0.4 is 11.1 Å². The molecule has 0 aliphatic carbocycles. The number of halogens is 1. The Bertz CT molecular complexity index is 446. The number of nitrogens with two attached hydrogens (primary N) is 1. The van der Waals surface area contributed by atoms with Gasteiger partial charge in [0.2, 0.25) is 0 Å². The average Bonchev–Trinajstić information content (AvgIpc) is 2.32. The molecule has 0 radical (unpaired) electrons. The zero-order valence-corrected chi connectivity index (χ0v) is 13.2. The fourth-order valence-corrected chi connectivity index (χ4v) is 1.65. The number of hydrogen-bond donors (Lipinski definition) is 2. The van der Waals surface area contributed by atoms with Crippen LogP contribution in [0.25, 0.3) is 0 Å². The lowest BCUT2D eigenvalue weighted by Gasteiger charge is -2.33. The van der Waals surface area contributed by atoms with E-state index in [-0.39, 0.29) is 29.8 Å². The van der Waals surface area contributed by atoms with E-state index >= 15 is 0 Å². The van der Waals surface area contributed by atoms with Crippen molar-refractivity contribution in [2.75, 3.05) is 6.54 Å². The van der Waals surface area contributed by atoms with Crippen LogP contribution in [0.4, 0.5) is 0 Å². The highest BCUT2D eigenvalue weighted by Crippen LogP contribution is 2.17. The van der Waals surface area contributed by atoms with Crippen molar-refractivity contribution in [3.8, 4) is 0 Å². The molecule has 0 saturated carbocycles. The van der Waals surface area contributed by atoms with Gasteiger partial charge < -0.3 is 11.1 Å². The SMILES string of the molecule is Cc1ccc(C(=O)NC(C)(CN)C(C)C)cc1C.Cl. The molecule has 0 spiro atoms. The predicted octanol–water partition coefficient (Wildman–Crippen LogP) is 2.83. The molecule has 3 N–H and O–H groups in total. The summed E-state index contributed by atoms with van der Waals surface area (Å²) in [6.07, 6.45) is 0. The molecule has 19 heavy (non-hydrogen) atoms. The van der Waals surface area contributed by atoms with Crippen molar-refractivity contribution in [3.05, 3.63) is 34.9 Å². The van der Waals surface area contributed by atoms with E-state index in [1.807, 2.05) is 39.0 Å². The Kier molecular flexibility index (Phi) is 6.53. The fourth-order valence-electron chi connectivity index (χ4n) is 1.65. The summed E-state index contributed by atoms with van der Waals surface area (Å²) >= 11 is 0. The molecular formula is C15H25ClN2O. The summed E-state index contributed by atoms with van der Waals surface area (Å²) in [6.45, 7) is 10.6. The lowest BCUT2D eigenvalue weighted by atomic mass is 9.88. The highest BCUT2D eigenvalue weighted by Gasteiger charge is 2.28. The lowest BCUT2D eigenvalue weighted by Crippen LogP contribution is -2.55. The molecule has 0 aliphatic heterocycles. The maximum Gasteiger partial charge on any atom is 0.251 e. The zero-order valence-electron chi connectivity index (χ0n) is 12.4. The Labute approximate surface area is 122 Å². The first-order valence-electron chi connectivity index (χ1n) is 6.40. The standard InChI is InChI=1S/C15H24N2O.ClH/c1-10(2)15(5,9-16)17-14(18)13-7-6-11(3)12(4)8-13;/h6-8,10H,9,16H2,1-5H3,(H,17,18);1H.